The first-order valence-electron chi connectivity index (χ1n) is 22.5. The molecule has 2 aromatic carbocycles. The van der Waals surface area contributed by atoms with E-state index in [0.29, 0.717) is 69.1 Å². The lowest BCUT2D eigenvalue weighted by atomic mass is 10.1. The van der Waals surface area contributed by atoms with Crippen LogP contribution in [0.2, 0.25) is 20.1 Å². The number of rotatable bonds is 21. The average molecular weight is 998 g/mol. The smallest absolute Gasteiger partial charge is 0.265 e. The highest BCUT2D eigenvalue weighted by molar-refractivity contribution is 7.91. The number of carbonyl (C=O) groups is 1. The number of unbranched alkanes of at least 4 members (excludes halogenated alkanes) is 9. The van der Waals surface area contributed by atoms with Crippen molar-refractivity contribution < 1.29 is 23.1 Å². The van der Waals surface area contributed by atoms with Gasteiger partial charge in [0.25, 0.3) is 5.91 Å². The Morgan fingerprint density at radius 3 is 1.91 bits per heavy atom. The summed E-state index contributed by atoms with van der Waals surface area (Å²) < 4.78 is 33.9. The third kappa shape index (κ3) is 15.3. The van der Waals surface area contributed by atoms with Gasteiger partial charge in [-0.05, 0) is 83.6 Å². The normalized spacial score (nSPS) is 11.9. The molecule has 0 saturated heterocycles. The van der Waals surface area contributed by atoms with Gasteiger partial charge in [0, 0.05) is 11.4 Å². The van der Waals surface area contributed by atoms with Gasteiger partial charge in [-0.25, -0.2) is 17.4 Å². The fraction of sp³-hybridized carbons (Fsp3) is 0.543. The van der Waals surface area contributed by atoms with Gasteiger partial charge in [0.1, 0.15) is 31.5 Å². The largest absolute Gasteiger partial charge is 0.504 e. The zero-order chi connectivity index (χ0) is 47.8. The molecule has 4 heterocycles. The number of H-pyrrole nitrogens is 2. The fourth-order valence-electron chi connectivity index (χ4n) is 7.19. The van der Waals surface area contributed by atoms with Crippen LogP contribution in [-0.2, 0) is 27.5 Å². The Hall–Kier alpha value is -4.02. The number of aromatic amines is 2. The van der Waals surface area contributed by atoms with Crippen molar-refractivity contribution in [3.8, 4) is 11.5 Å². The van der Waals surface area contributed by atoms with Gasteiger partial charge in [-0.3, -0.25) is 15.0 Å². The molecule has 19 heteroatoms. The predicted octanol–water partition coefficient (Wildman–Crippen LogP) is 12.3. The number of ether oxygens (including phenoxy) is 1. The lowest BCUT2D eigenvalue weighted by Gasteiger charge is -2.20. The van der Waals surface area contributed by atoms with E-state index < -0.39 is 15.9 Å². The molecule has 1 amide bonds. The van der Waals surface area contributed by atoms with E-state index >= 15 is 0 Å². The van der Waals surface area contributed by atoms with Gasteiger partial charge in [-0.2, -0.15) is 0 Å². The van der Waals surface area contributed by atoms with Gasteiger partial charge in [-0.1, -0.05) is 143 Å². The molecule has 6 rings (SSSR count). The molecule has 0 aliphatic rings. The van der Waals surface area contributed by atoms with Crippen LogP contribution in [0.3, 0.4) is 0 Å². The Kier molecular flexibility index (Phi) is 21.2. The highest BCUT2D eigenvalue weighted by Crippen LogP contribution is 2.40. The number of amides is 1. The van der Waals surface area contributed by atoms with Crippen LogP contribution in [0.15, 0.2) is 24.3 Å². The van der Waals surface area contributed by atoms with E-state index in [-0.39, 0.29) is 28.1 Å². The molecule has 4 N–H and O–H groups in total. The highest BCUT2D eigenvalue weighted by Gasteiger charge is 2.23. The number of hydrogen-bond acceptors (Lipinski definition) is 9. The highest BCUT2D eigenvalue weighted by atomic mass is 35.5. The van der Waals surface area contributed by atoms with Crippen LogP contribution in [0.4, 0.5) is 5.69 Å². The molecule has 6 aromatic rings. The van der Waals surface area contributed by atoms with Crippen molar-refractivity contribution in [2.75, 3.05) is 16.8 Å². The summed E-state index contributed by atoms with van der Waals surface area (Å²) in [7, 11) is -2.99. The number of hydrogen-bond donors (Lipinski definition) is 4. The second-order valence-electron chi connectivity index (χ2n) is 16.4. The van der Waals surface area contributed by atoms with Gasteiger partial charge in [-0.15, -0.1) is 20.4 Å². The van der Waals surface area contributed by atoms with Crippen LogP contribution in [0.25, 0.3) is 11.3 Å². The maximum atomic E-state index is 12.6. The third-order valence-corrected chi connectivity index (χ3v) is 14.5. The van der Waals surface area contributed by atoms with Crippen LogP contribution in [0.5, 0.6) is 11.5 Å². The number of aryl methyl sites for hydroxylation is 6. The van der Waals surface area contributed by atoms with Gasteiger partial charge in [0.05, 0.1) is 33.6 Å². The van der Waals surface area contributed by atoms with E-state index in [0.717, 1.165) is 53.4 Å². The predicted molar refractivity (Wildman–Crippen MR) is 264 cm³/mol. The molecule has 0 radical (unpaired) electrons. The monoisotopic (exact) mass is 995 g/mol. The van der Waals surface area contributed by atoms with E-state index in [4.69, 9.17) is 51.1 Å². The quantitative estimate of drug-likeness (QED) is 0.0402. The number of fused-ring (bicyclic) bond motifs is 2. The molecule has 65 heavy (non-hydrogen) atoms. The van der Waals surface area contributed by atoms with E-state index in [9.17, 15) is 18.3 Å². The van der Waals surface area contributed by atoms with Crippen LogP contribution < -0.4 is 10.1 Å². The van der Waals surface area contributed by atoms with Crippen molar-refractivity contribution in [2.45, 2.75) is 151 Å². The summed E-state index contributed by atoms with van der Waals surface area (Å²) >= 11 is 24.4. The molecule has 0 aliphatic carbocycles. The summed E-state index contributed by atoms with van der Waals surface area (Å²) in [5.41, 5.74) is 5.94. The maximum Gasteiger partial charge on any atom is 0.265 e. The van der Waals surface area contributed by atoms with Gasteiger partial charge in [0.15, 0.2) is 29.0 Å². The molecule has 0 aliphatic heterocycles. The Labute approximate surface area is 403 Å². The van der Waals surface area contributed by atoms with Crippen molar-refractivity contribution in [3.05, 3.63) is 84.1 Å². The number of aromatic nitrogens is 8. The van der Waals surface area contributed by atoms with Crippen molar-refractivity contribution in [3.63, 3.8) is 0 Å². The van der Waals surface area contributed by atoms with Gasteiger partial charge in [0.2, 0.25) is 0 Å². The first kappa shape index (κ1) is 53.6. The van der Waals surface area contributed by atoms with Crippen LogP contribution >= 0.6 is 46.4 Å². The van der Waals surface area contributed by atoms with Crippen LogP contribution in [-0.4, -0.2) is 76.7 Å². The molecule has 0 saturated carbocycles. The molecule has 1 unspecified atom stereocenters. The molecule has 4 aromatic heterocycles. The summed E-state index contributed by atoms with van der Waals surface area (Å²) in [6.07, 6.45) is 13.5. The van der Waals surface area contributed by atoms with Crippen molar-refractivity contribution in [1.29, 1.82) is 0 Å². The summed E-state index contributed by atoms with van der Waals surface area (Å²) in [6, 6.07) is 7.28. The second kappa shape index (κ2) is 25.8. The van der Waals surface area contributed by atoms with E-state index in [1.807, 2.05) is 66.7 Å². The number of benzene rings is 2. The third-order valence-electron chi connectivity index (χ3n) is 11.0. The molecular weight excluding hydrogens is 932 g/mol. The molecule has 0 fully saturated rings. The summed E-state index contributed by atoms with van der Waals surface area (Å²) in [5.74, 6) is 2.12. The summed E-state index contributed by atoms with van der Waals surface area (Å²) in [6.45, 7) is 15.5. The SMILES string of the molecule is CCCCCCCCCCCCS(=O)(=O)CCCc1nnc2c(Cl)c(C)[nH]n12.CCc1c(Cl)cc(NC(=O)C(CC)Oc2ccc(C)cc2C)c(O)c1Cl.Cc1[nH]n2c(C)nnc2c1Cl. The average Bonchev–Trinajstić information content (AvgIpc) is 3.99. The van der Waals surface area contributed by atoms with Crippen molar-refractivity contribution in [2.24, 2.45) is 0 Å². The Morgan fingerprint density at radius 2 is 1.32 bits per heavy atom. The lowest BCUT2D eigenvalue weighted by molar-refractivity contribution is -0.122. The molecule has 1 atom stereocenters. The standard InChI is InChI=1S/C20H23Cl2NO3.C20H35ClN4O2S.C6H7ClN4/c1-5-13-14(21)10-15(19(24)18(13)22)23-20(25)16(6-2)26-17-8-7-11(3)9-12(17)4;1-3-4-5-6-7-8-9-10-11-12-15-28(26,27)16-13-14-18-22-23-20-19(21)17(2)24-25(18)20;1-3-5(7)6-9-8-4(2)11(6)10-3/h7-10,16,24H,5-6H2,1-4H3,(H,23,25);24H,3-16H2,1-2H3;10H,1-2H3. The minimum Gasteiger partial charge on any atom is -0.504 e. The van der Waals surface area contributed by atoms with E-state index in [1.165, 1.54) is 51.0 Å². The zero-order valence-electron chi connectivity index (χ0n) is 38.9. The number of sulfone groups is 1. The number of phenolic OH excluding ortho intramolecular Hbond substituents is 1. The molecule has 14 nitrogen and oxygen atoms in total. The van der Waals surface area contributed by atoms with Crippen LogP contribution in [0.1, 0.15) is 138 Å². The van der Waals surface area contributed by atoms with Gasteiger partial charge >= 0.3 is 0 Å². The Bertz CT molecular complexity index is 2590. The number of nitrogens with zero attached hydrogens (tertiary/aromatic N) is 6. The molecular formula is C46H65Cl4N9O5S. The Balaban J connectivity index is 0.000000231. The number of halogens is 4. The molecule has 0 bridgehead atoms. The van der Waals surface area contributed by atoms with Crippen molar-refractivity contribution in [1.82, 2.24) is 39.6 Å². The molecule has 358 valence electrons. The number of carbonyl (C=O) groups excluding carboxylic acids is 1. The number of phenols is 1. The molecule has 0 spiro atoms. The summed E-state index contributed by atoms with van der Waals surface area (Å²) in [5, 5.41) is 36.7. The lowest BCUT2D eigenvalue weighted by Crippen LogP contribution is -2.32. The number of anilines is 1. The maximum absolute atomic E-state index is 12.6. The fourth-order valence-corrected chi connectivity index (χ4v) is 9.68. The second-order valence-corrected chi connectivity index (χ2v) is 20.2. The summed E-state index contributed by atoms with van der Waals surface area (Å²) in [4.78, 5) is 12.6. The van der Waals surface area contributed by atoms with Gasteiger partial charge < -0.3 is 15.2 Å². The van der Waals surface area contributed by atoms with E-state index in [2.05, 4.69) is 42.8 Å². The van der Waals surface area contributed by atoms with Crippen molar-refractivity contribution >= 4 is 79.1 Å². The minimum absolute atomic E-state index is 0.152. The number of nitrogens with one attached hydrogen (secondary N) is 3. The topological polar surface area (TPSA) is 185 Å². The minimum atomic E-state index is -2.99. The number of aromatic hydroxyl groups is 1. The first-order chi connectivity index (χ1) is 30.9. The first-order valence-corrected chi connectivity index (χ1v) is 25.8. The van der Waals surface area contributed by atoms with Crippen LogP contribution in [0, 0.1) is 34.6 Å². The Morgan fingerprint density at radius 1 is 0.754 bits per heavy atom. The van der Waals surface area contributed by atoms with E-state index in [1.54, 1.807) is 9.03 Å². The zero-order valence-corrected chi connectivity index (χ0v) is 42.7.